The molecule has 3 aromatic rings. The lowest BCUT2D eigenvalue weighted by molar-refractivity contribution is -0.141. The van der Waals surface area contributed by atoms with Gasteiger partial charge in [0.25, 0.3) is 0 Å². The zero-order chi connectivity index (χ0) is 30.8. The Morgan fingerprint density at radius 2 is 1.63 bits per heavy atom. The number of halogens is 2. The molecule has 0 spiro atoms. The Labute approximate surface area is 259 Å². The third kappa shape index (κ3) is 9.53. The molecule has 230 valence electrons. The van der Waals surface area contributed by atoms with E-state index in [1.807, 2.05) is 36.4 Å². The number of hydrogen-bond acceptors (Lipinski definition) is 4. The summed E-state index contributed by atoms with van der Waals surface area (Å²) >= 11 is 6.26. The zero-order valence-corrected chi connectivity index (χ0v) is 26.0. The first-order valence-electron chi connectivity index (χ1n) is 14.7. The predicted molar refractivity (Wildman–Crippen MR) is 169 cm³/mol. The van der Waals surface area contributed by atoms with E-state index < -0.39 is 21.9 Å². The minimum absolute atomic E-state index is 0.0387. The van der Waals surface area contributed by atoms with Crippen LogP contribution in [0.4, 0.5) is 10.1 Å². The molecule has 0 bridgehead atoms. The third-order valence-electron chi connectivity index (χ3n) is 7.74. The first kappa shape index (κ1) is 32.5. The Bertz CT molecular complexity index is 1480. The predicted octanol–water partition coefficient (Wildman–Crippen LogP) is 6.11. The molecular formula is C33H39ClFN3O4S. The Kier molecular flexibility index (Phi) is 11.6. The monoisotopic (exact) mass is 627 g/mol. The average Bonchev–Trinajstić information content (AvgIpc) is 2.98. The van der Waals surface area contributed by atoms with E-state index in [1.165, 1.54) is 18.2 Å². The van der Waals surface area contributed by atoms with Gasteiger partial charge in [0.1, 0.15) is 11.9 Å². The molecule has 1 aliphatic rings. The summed E-state index contributed by atoms with van der Waals surface area (Å²) in [6.45, 7) is 0.0617. The lowest BCUT2D eigenvalue weighted by Crippen LogP contribution is -2.53. The first-order chi connectivity index (χ1) is 20.6. The van der Waals surface area contributed by atoms with E-state index in [4.69, 9.17) is 11.6 Å². The van der Waals surface area contributed by atoms with Crippen LogP contribution in [-0.2, 0) is 32.6 Å². The molecule has 3 aromatic carbocycles. The summed E-state index contributed by atoms with van der Waals surface area (Å²) in [4.78, 5) is 29.4. The largest absolute Gasteiger partial charge is 0.352 e. The molecule has 0 aliphatic heterocycles. The number of anilines is 1. The highest BCUT2D eigenvalue weighted by molar-refractivity contribution is 7.92. The molecule has 4 rings (SSSR count). The van der Waals surface area contributed by atoms with Gasteiger partial charge in [-0.3, -0.25) is 13.9 Å². The van der Waals surface area contributed by atoms with Gasteiger partial charge in [0, 0.05) is 37.0 Å². The van der Waals surface area contributed by atoms with Crippen LogP contribution in [0.25, 0.3) is 0 Å². The summed E-state index contributed by atoms with van der Waals surface area (Å²) in [5, 5.41) is 3.72. The van der Waals surface area contributed by atoms with Crippen molar-refractivity contribution in [3.63, 3.8) is 0 Å². The quantitative estimate of drug-likeness (QED) is 0.248. The fraction of sp³-hybridized carbons (Fsp3) is 0.394. The number of amides is 2. The van der Waals surface area contributed by atoms with Crippen molar-refractivity contribution in [3.05, 3.63) is 101 Å². The van der Waals surface area contributed by atoms with Crippen molar-refractivity contribution in [3.8, 4) is 0 Å². The molecule has 10 heteroatoms. The van der Waals surface area contributed by atoms with Gasteiger partial charge in [-0.2, -0.15) is 0 Å². The van der Waals surface area contributed by atoms with Crippen LogP contribution in [-0.4, -0.2) is 50.0 Å². The van der Waals surface area contributed by atoms with Crippen LogP contribution < -0.4 is 9.62 Å². The average molecular weight is 628 g/mol. The fourth-order valence-electron chi connectivity index (χ4n) is 5.57. The summed E-state index contributed by atoms with van der Waals surface area (Å²) < 4.78 is 40.6. The number of nitrogens with zero attached hydrogens (tertiary/aromatic N) is 2. The van der Waals surface area contributed by atoms with Gasteiger partial charge >= 0.3 is 0 Å². The zero-order valence-electron chi connectivity index (χ0n) is 24.4. The van der Waals surface area contributed by atoms with Crippen LogP contribution >= 0.6 is 11.6 Å². The van der Waals surface area contributed by atoms with Crippen LogP contribution in [0.5, 0.6) is 0 Å². The summed E-state index contributed by atoms with van der Waals surface area (Å²) in [5.41, 5.74) is 1.62. The van der Waals surface area contributed by atoms with Gasteiger partial charge in [-0.05, 0) is 54.7 Å². The maximum Gasteiger partial charge on any atom is 0.243 e. The Morgan fingerprint density at radius 3 is 2.30 bits per heavy atom. The second-order valence-corrected chi connectivity index (χ2v) is 13.4. The van der Waals surface area contributed by atoms with Crippen molar-refractivity contribution in [1.29, 1.82) is 0 Å². The molecule has 0 heterocycles. The van der Waals surface area contributed by atoms with Crippen LogP contribution in [0.2, 0.25) is 5.02 Å². The first-order valence-corrected chi connectivity index (χ1v) is 16.9. The van der Waals surface area contributed by atoms with Crippen molar-refractivity contribution in [2.45, 2.75) is 70.0 Å². The Morgan fingerprint density at radius 1 is 0.953 bits per heavy atom. The lowest BCUT2D eigenvalue weighted by atomic mass is 9.94. The lowest BCUT2D eigenvalue weighted by Gasteiger charge is -2.34. The SMILES string of the molecule is CS(=O)(=O)N(CCCC(=O)N(Cc1cccc(Cl)c1)C(Cc1ccccc1)C(=O)NC1CCCCC1)c1ccccc1F. The molecule has 7 nitrogen and oxygen atoms in total. The summed E-state index contributed by atoms with van der Waals surface area (Å²) in [7, 11) is -3.81. The highest BCUT2D eigenvalue weighted by Crippen LogP contribution is 2.24. The molecule has 0 saturated heterocycles. The minimum atomic E-state index is -3.81. The normalized spacial score (nSPS) is 14.6. The maximum absolute atomic E-state index is 14.5. The standard InChI is InChI=1S/C33H39ClFN3O4S/c1-43(41,42)38(30-19-9-8-18-29(30)35)21-11-20-32(39)37(24-26-14-10-15-27(34)22-26)31(23-25-12-4-2-5-13-25)33(40)36-28-16-6-3-7-17-28/h2,4-5,8-10,12-15,18-19,22,28,31H,3,6-7,11,16-17,20-21,23-24H2,1H3,(H,36,40). The highest BCUT2D eigenvalue weighted by atomic mass is 35.5. The van der Waals surface area contributed by atoms with Gasteiger partial charge in [-0.25, -0.2) is 12.8 Å². The van der Waals surface area contributed by atoms with E-state index in [1.54, 1.807) is 29.2 Å². The molecule has 0 radical (unpaired) electrons. The van der Waals surface area contributed by atoms with Crippen molar-refractivity contribution in [1.82, 2.24) is 10.2 Å². The molecule has 2 amide bonds. The number of rotatable bonds is 13. The van der Waals surface area contributed by atoms with Crippen LogP contribution in [0.15, 0.2) is 78.9 Å². The van der Waals surface area contributed by atoms with Gasteiger partial charge in [-0.1, -0.05) is 85.5 Å². The number of carbonyl (C=O) groups is 2. The van der Waals surface area contributed by atoms with E-state index in [2.05, 4.69) is 5.32 Å². The van der Waals surface area contributed by atoms with Crippen LogP contribution in [0.3, 0.4) is 0 Å². The van der Waals surface area contributed by atoms with Crippen LogP contribution in [0.1, 0.15) is 56.1 Å². The second kappa shape index (κ2) is 15.3. The molecule has 1 N–H and O–H groups in total. The Balaban J connectivity index is 1.59. The molecule has 1 atom stereocenters. The second-order valence-electron chi connectivity index (χ2n) is 11.1. The summed E-state index contributed by atoms with van der Waals surface area (Å²) in [6, 6.07) is 21.6. The summed E-state index contributed by atoms with van der Waals surface area (Å²) in [5.74, 6) is -1.18. The molecule has 1 fully saturated rings. The van der Waals surface area contributed by atoms with E-state index in [0.717, 1.165) is 53.8 Å². The topological polar surface area (TPSA) is 86.8 Å². The highest BCUT2D eigenvalue weighted by Gasteiger charge is 2.32. The van der Waals surface area contributed by atoms with Crippen molar-refractivity contribution in [2.24, 2.45) is 0 Å². The van der Waals surface area contributed by atoms with Crippen LogP contribution in [0, 0.1) is 5.82 Å². The molecule has 1 unspecified atom stereocenters. The molecule has 1 saturated carbocycles. The smallest absolute Gasteiger partial charge is 0.243 e. The fourth-order valence-corrected chi connectivity index (χ4v) is 6.75. The van der Waals surface area contributed by atoms with Gasteiger partial charge < -0.3 is 10.2 Å². The number of nitrogens with one attached hydrogen (secondary N) is 1. The molecule has 1 aliphatic carbocycles. The molecule has 43 heavy (non-hydrogen) atoms. The van der Waals surface area contributed by atoms with E-state index in [9.17, 15) is 22.4 Å². The van der Waals surface area contributed by atoms with Crippen molar-refractivity contribution < 1.29 is 22.4 Å². The molecule has 0 aromatic heterocycles. The minimum Gasteiger partial charge on any atom is -0.352 e. The van der Waals surface area contributed by atoms with Gasteiger partial charge in [0.2, 0.25) is 21.8 Å². The van der Waals surface area contributed by atoms with Gasteiger partial charge in [0.05, 0.1) is 11.9 Å². The maximum atomic E-state index is 14.5. The number of benzene rings is 3. The van der Waals surface area contributed by atoms with E-state index in [-0.39, 0.29) is 49.5 Å². The van der Waals surface area contributed by atoms with E-state index in [0.29, 0.717) is 11.4 Å². The number of carbonyl (C=O) groups excluding carboxylic acids is 2. The number of sulfonamides is 1. The van der Waals surface area contributed by atoms with Gasteiger partial charge in [-0.15, -0.1) is 0 Å². The summed E-state index contributed by atoms with van der Waals surface area (Å²) in [6.07, 6.45) is 6.49. The van der Waals surface area contributed by atoms with Gasteiger partial charge in [0.15, 0.2) is 0 Å². The number of para-hydroxylation sites is 1. The Hall–Kier alpha value is -3.43. The third-order valence-corrected chi connectivity index (χ3v) is 9.15. The molecular weight excluding hydrogens is 589 g/mol. The number of hydrogen-bond donors (Lipinski definition) is 1. The van der Waals surface area contributed by atoms with Crippen molar-refractivity contribution in [2.75, 3.05) is 17.1 Å². The van der Waals surface area contributed by atoms with E-state index >= 15 is 0 Å². The van der Waals surface area contributed by atoms with Crippen molar-refractivity contribution >= 4 is 39.1 Å².